The number of aliphatic carboxylic acids is 1. The zero-order valence-corrected chi connectivity index (χ0v) is 16.4. The van der Waals surface area contributed by atoms with Gasteiger partial charge in [-0.15, -0.1) is 0 Å². The lowest BCUT2D eigenvalue weighted by Crippen LogP contribution is -2.33. The second-order valence-electron chi connectivity index (χ2n) is 6.14. The molecule has 0 saturated carbocycles. The maximum Gasteiger partial charge on any atom is 0.372 e. The molecule has 2 aromatic rings. The Morgan fingerprint density at radius 3 is 2.22 bits per heavy atom. The number of carboxylic acids is 1. The first kappa shape index (κ1) is 22.1. The fourth-order valence-corrected chi connectivity index (χ4v) is 2.43. The third kappa shape index (κ3) is 7.05. The number of carboxylic acid groups (broad SMARTS) is 1. The maximum absolute atomic E-state index is 12.4. The van der Waals surface area contributed by atoms with Crippen LogP contribution in [0, 0.1) is 0 Å². The molecule has 0 spiro atoms. The standard InChI is InChI=1S/C20H21NO4.C2H6/c1-14(2)9-10-21(19(23)12-18(22)20(24)25)13-15-7-8-16-5-3-4-6-17(16)11-15;1-2/h3-9,11H,10,12-13H2,1-2H3,(H,24,25);1-2H3. The highest BCUT2D eigenvalue weighted by Crippen LogP contribution is 2.17. The summed E-state index contributed by atoms with van der Waals surface area (Å²) in [6.07, 6.45) is 1.25. The number of ketones is 1. The van der Waals surface area contributed by atoms with Gasteiger partial charge >= 0.3 is 5.97 Å². The van der Waals surface area contributed by atoms with Gasteiger partial charge in [0.25, 0.3) is 0 Å². The third-order valence-electron chi connectivity index (χ3n) is 3.81. The van der Waals surface area contributed by atoms with E-state index in [0.29, 0.717) is 13.1 Å². The average molecular weight is 369 g/mol. The molecule has 0 aromatic heterocycles. The zero-order chi connectivity index (χ0) is 20.4. The monoisotopic (exact) mass is 369 g/mol. The molecule has 1 N–H and O–H groups in total. The van der Waals surface area contributed by atoms with E-state index in [9.17, 15) is 14.4 Å². The van der Waals surface area contributed by atoms with Crippen molar-refractivity contribution in [2.24, 2.45) is 0 Å². The smallest absolute Gasteiger partial charge is 0.372 e. The molecule has 27 heavy (non-hydrogen) atoms. The zero-order valence-electron chi connectivity index (χ0n) is 16.4. The van der Waals surface area contributed by atoms with E-state index in [2.05, 4.69) is 0 Å². The Hall–Kier alpha value is -2.95. The molecule has 2 aromatic carbocycles. The van der Waals surface area contributed by atoms with E-state index < -0.39 is 24.1 Å². The van der Waals surface area contributed by atoms with Gasteiger partial charge in [-0.1, -0.05) is 61.9 Å². The first-order chi connectivity index (χ1) is 12.9. The van der Waals surface area contributed by atoms with Gasteiger partial charge in [0.05, 0.1) is 6.42 Å². The molecule has 0 aliphatic rings. The summed E-state index contributed by atoms with van der Waals surface area (Å²) in [6.45, 7) is 8.49. The van der Waals surface area contributed by atoms with Crippen LogP contribution in [0.3, 0.4) is 0 Å². The lowest BCUT2D eigenvalue weighted by Gasteiger charge is -2.21. The number of nitrogens with zero attached hydrogens (tertiary/aromatic N) is 1. The second kappa shape index (κ2) is 10.9. The Balaban J connectivity index is 0.00000176. The van der Waals surface area contributed by atoms with Crippen LogP contribution in [-0.4, -0.2) is 34.2 Å². The normalized spacial score (nSPS) is 9.78. The predicted molar refractivity (Wildman–Crippen MR) is 107 cm³/mol. The van der Waals surface area contributed by atoms with Crippen molar-refractivity contribution in [1.82, 2.24) is 4.90 Å². The molecule has 5 heteroatoms. The molecule has 1 amide bonds. The van der Waals surface area contributed by atoms with Crippen LogP contribution in [0.25, 0.3) is 10.8 Å². The van der Waals surface area contributed by atoms with E-state index in [1.807, 2.05) is 76.2 Å². The average Bonchev–Trinajstić information content (AvgIpc) is 2.66. The van der Waals surface area contributed by atoms with Crippen LogP contribution in [0.1, 0.15) is 39.7 Å². The first-order valence-electron chi connectivity index (χ1n) is 9.02. The minimum atomic E-state index is -1.58. The topological polar surface area (TPSA) is 74.7 Å². The number of Topliss-reactive ketones (excluding diaryl/α,β-unsaturated/α-hetero) is 1. The van der Waals surface area contributed by atoms with Crippen molar-refractivity contribution in [3.8, 4) is 0 Å². The predicted octanol–water partition coefficient (Wildman–Crippen LogP) is 4.20. The summed E-state index contributed by atoms with van der Waals surface area (Å²) in [5, 5.41) is 10.9. The molecule has 0 aliphatic carbocycles. The summed E-state index contributed by atoms with van der Waals surface area (Å²) in [7, 11) is 0. The SMILES string of the molecule is CC.CC(C)=CCN(Cc1ccc2ccccc2c1)C(=O)CC(=O)C(=O)O. The molecule has 0 radical (unpaired) electrons. The Morgan fingerprint density at radius 2 is 1.63 bits per heavy atom. The molecule has 2 rings (SSSR count). The summed E-state index contributed by atoms with van der Waals surface area (Å²) in [5.41, 5.74) is 1.97. The van der Waals surface area contributed by atoms with Gasteiger partial charge in [0.15, 0.2) is 0 Å². The first-order valence-corrected chi connectivity index (χ1v) is 9.02. The molecule has 5 nitrogen and oxygen atoms in total. The van der Waals surface area contributed by atoms with Crippen molar-refractivity contribution < 1.29 is 19.5 Å². The number of fused-ring (bicyclic) bond motifs is 1. The van der Waals surface area contributed by atoms with Crippen molar-refractivity contribution in [2.75, 3.05) is 6.54 Å². The molecule has 0 unspecified atom stereocenters. The summed E-state index contributed by atoms with van der Waals surface area (Å²) in [5.74, 6) is -3.16. The highest BCUT2D eigenvalue weighted by atomic mass is 16.4. The van der Waals surface area contributed by atoms with Crippen LogP contribution in [0.15, 0.2) is 54.1 Å². The summed E-state index contributed by atoms with van der Waals surface area (Å²) in [6, 6.07) is 13.8. The van der Waals surface area contributed by atoms with E-state index in [1.54, 1.807) is 0 Å². The van der Waals surface area contributed by atoms with Gasteiger partial charge in [0.1, 0.15) is 0 Å². The van der Waals surface area contributed by atoms with Crippen LogP contribution < -0.4 is 0 Å². The molecule has 0 heterocycles. The van der Waals surface area contributed by atoms with Crippen LogP contribution >= 0.6 is 0 Å². The van der Waals surface area contributed by atoms with Crippen molar-refractivity contribution in [1.29, 1.82) is 0 Å². The minimum absolute atomic E-state index is 0.320. The maximum atomic E-state index is 12.4. The summed E-state index contributed by atoms with van der Waals surface area (Å²) >= 11 is 0. The molecule has 0 bridgehead atoms. The van der Waals surface area contributed by atoms with E-state index in [1.165, 1.54) is 4.90 Å². The van der Waals surface area contributed by atoms with Gasteiger partial charge in [-0.25, -0.2) is 4.79 Å². The number of allylic oxidation sites excluding steroid dienone is 1. The number of hydrogen-bond donors (Lipinski definition) is 1. The Bertz CT molecular complexity index is 835. The van der Waals surface area contributed by atoms with E-state index in [0.717, 1.165) is 21.9 Å². The van der Waals surface area contributed by atoms with Crippen molar-refractivity contribution >= 4 is 28.4 Å². The van der Waals surface area contributed by atoms with Crippen LogP contribution in [0.5, 0.6) is 0 Å². The van der Waals surface area contributed by atoms with E-state index in [4.69, 9.17) is 5.11 Å². The van der Waals surface area contributed by atoms with E-state index in [-0.39, 0.29) is 0 Å². The molecular formula is C22H27NO4. The number of amides is 1. The van der Waals surface area contributed by atoms with Crippen LogP contribution in [-0.2, 0) is 20.9 Å². The number of benzene rings is 2. The lowest BCUT2D eigenvalue weighted by atomic mass is 10.1. The van der Waals surface area contributed by atoms with Gasteiger partial charge < -0.3 is 10.0 Å². The van der Waals surface area contributed by atoms with Gasteiger partial charge in [0.2, 0.25) is 11.7 Å². The molecule has 0 aliphatic heterocycles. The Kier molecular flexibility index (Phi) is 8.93. The lowest BCUT2D eigenvalue weighted by molar-refractivity contribution is -0.151. The largest absolute Gasteiger partial charge is 0.475 e. The molecule has 144 valence electrons. The molecule has 0 fully saturated rings. The van der Waals surface area contributed by atoms with Crippen LogP contribution in [0.4, 0.5) is 0 Å². The number of hydrogen-bond acceptors (Lipinski definition) is 3. The highest BCUT2D eigenvalue weighted by molar-refractivity contribution is 6.36. The van der Waals surface area contributed by atoms with Crippen molar-refractivity contribution in [3.63, 3.8) is 0 Å². The van der Waals surface area contributed by atoms with Crippen molar-refractivity contribution in [2.45, 2.75) is 40.7 Å². The van der Waals surface area contributed by atoms with Gasteiger partial charge in [-0.3, -0.25) is 9.59 Å². The number of carbonyl (C=O) groups is 3. The van der Waals surface area contributed by atoms with Gasteiger partial charge in [0, 0.05) is 13.1 Å². The fourth-order valence-electron chi connectivity index (χ4n) is 2.43. The summed E-state index contributed by atoms with van der Waals surface area (Å²) in [4.78, 5) is 35.9. The van der Waals surface area contributed by atoms with E-state index >= 15 is 0 Å². The number of carbonyl (C=O) groups excluding carboxylic acids is 2. The minimum Gasteiger partial charge on any atom is -0.475 e. The van der Waals surface area contributed by atoms with Gasteiger partial charge in [-0.2, -0.15) is 0 Å². The number of rotatable bonds is 7. The Morgan fingerprint density at radius 1 is 1.00 bits per heavy atom. The Labute approximate surface area is 160 Å². The molecular weight excluding hydrogens is 342 g/mol. The second-order valence-corrected chi connectivity index (χ2v) is 6.14. The van der Waals surface area contributed by atoms with Crippen molar-refractivity contribution in [3.05, 3.63) is 59.7 Å². The fraction of sp³-hybridized carbons (Fsp3) is 0.318. The van der Waals surface area contributed by atoms with Gasteiger partial charge in [-0.05, 0) is 36.2 Å². The summed E-state index contributed by atoms with van der Waals surface area (Å²) < 4.78 is 0. The molecule has 0 saturated heterocycles. The highest BCUT2D eigenvalue weighted by Gasteiger charge is 2.21. The molecule has 0 atom stereocenters. The quantitative estimate of drug-likeness (QED) is 0.451. The third-order valence-corrected chi connectivity index (χ3v) is 3.81. The van der Waals surface area contributed by atoms with Crippen LogP contribution in [0.2, 0.25) is 0 Å².